The fourth-order valence-corrected chi connectivity index (χ4v) is 3.66. The van der Waals surface area contributed by atoms with E-state index in [0.29, 0.717) is 24.6 Å². The zero-order valence-corrected chi connectivity index (χ0v) is 16.8. The first-order valence-electron chi connectivity index (χ1n) is 9.83. The molecule has 0 radical (unpaired) electrons. The third kappa shape index (κ3) is 3.85. The van der Waals surface area contributed by atoms with Crippen molar-refractivity contribution in [3.8, 4) is 0 Å². The molecule has 2 heterocycles. The minimum atomic E-state index is -1.09. The van der Waals surface area contributed by atoms with E-state index in [1.807, 2.05) is 55.5 Å². The van der Waals surface area contributed by atoms with Crippen LogP contribution < -0.4 is 21.3 Å². The number of amides is 1. The number of nitrogens with one attached hydrogen (secondary N) is 2. The number of anilines is 3. The quantitative estimate of drug-likeness (QED) is 0.522. The zero-order chi connectivity index (χ0) is 21.3. The summed E-state index contributed by atoms with van der Waals surface area (Å²) in [5, 5.41) is 18.8. The normalized spacial score (nSPS) is 17.7. The Bertz CT molecular complexity index is 1100. The molecule has 7 heteroatoms. The predicted octanol–water partition coefficient (Wildman–Crippen LogP) is 2.42. The monoisotopic (exact) mass is 403 g/mol. The summed E-state index contributed by atoms with van der Waals surface area (Å²) in [6, 6.07) is 14.5. The van der Waals surface area contributed by atoms with Crippen molar-refractivity contribution in [2.45, 2.75) is 19.1 Å². The first kappa shape index (κ1) is 19.9. The van der Waals surface area contributed by atoms with Gasteiger partial charge in [-0.15, -0.1) is 0 Å². The molecule has 3 aromatic rings. The fourth-order valence-electron chi connectivity index (χ4n) is 3.66. The number of aryl methyl sites for hydroxylation is 1. The van der Waals surface area contributed by atoms with Crippen LogP contribution in [0.25, 0.3) is 10.8 Å². The number of carbonyl (C=O) groups excluding carboxylic acids is 1. The highest BCUT2D eigenvalue weighted by Crippen LogP contribution is 2.25. The molecule has 1 saturated heterocycles. The van der Waals surface area contributed by atoms with Gasteiger partial charge in [0.15, 0.2) is 0 Å². The van der Waals surface area contributed by atoms with Crippen LogP contribution in [0.4, 0.5) is 17.2 Å². The largest absolute Gasteiger partial charge is 0.385 e. The van der Waals surface area contributed by atoms with Gasteiger partial charge in [-0.1, -0.05) is 24.3 Å². The van der Waals surface area contributed by atoms with Crippen LogP contribution in [-0.2, 0) is 4.79 Å². The number of hydrogen-bond donors (Lipinski definition) is 4. The van der Waals surface area contributed by atoms with E-state index in [1.54, 1.807) is 11.1 Å². The molecule has 0 bridgehead atoms. The number of rotatable bonds is 5. The molecule has 5 N–H and O–H groups in total. The number of carbonyl (C=O) groups is 1. The summed E-state index contributed by atoms with van der Waals surface area (Å²) >= 11 is 0. The number of piperazine rings is 1. The average molecular weight is 403 g/mol. The summed E-state index contributed by atoms with van der Waals surface area (Å²) in [4.78, 5) is 18.8. The Hall–Kier alpha value is -3.42. The van der Waals surface area contributed by atoms with Crippen molar-refractivity contribution >= 4 is 33.9 Å². The molecule has 4 rings (SSSR count). The van der Waals surface area contributed by atoms with Crippen molar-refractivity contribution in [2.75, 3.05) is 29.0 Å². The summed E-state index contributed by atoms with van der Waals surface area (Å²) in [7, 11) is 0. The van der Waals surface area contributed by atoms with Crippen LogP contribution in [0.5, 0.6) is 0 Å². The molecule has 30 heavy (non-hydrogen) atoms. The Labute approximate surface area is 175 Å². The van der Waals surface area contributed by atoms with Gasteiger partial charge in [0.1, 0.15) is 18.0 Å². The highest BCUT2D eigenvalue weighted by molar-refractivity contribution is 5.99. The molecule has 154 valence electrons. The lowest BCUT2D eigenvalue weighted by atomic mass is 10.0. The Morgan fingerprint density at radius 1 is 1.30 bits per heavy atom. The number of nitrogens with two attached hydrogens (primary N) is 1. The van der Waals surface area contributed by atoms with E-state index in [4.69, 9.17) is 5.73 Å². The zero-order valence-electron chi connectivity index (χ0n) is 16.8. The number of nitrogens with zero attached hydrogens (tertiary/aromatic N) is 2. The Balaban J connectivity index is 1.49. The van der Waals surface area contributed by atoms with Crippen molar-refractivity contribution in [3.63, 3.8) is 0 Å². The van der Waals surface area contributed by atoms with E-state index in [0.717, 1.165) is 27.7 Å². The topological polar surface area (TPSA) is 104 Å². The second-order valence-electron chi connectivity index (χ2n) is 7.48. The molecule has 1 aliphatic rings. The SMILES string of the molecule is C=C(Nc1ccc2c(N)nccc2c1)C(O)C1NCCN(c2ccc(C)cc2)C1=O. The lowest BCUT2D eigenvalue weighted by molar-refractivity contribution is -0.123. The second-order valence-corrected chi connectivity index (χ2v) is 7.48. The number of hydrogen-bond acceptors (Lipinski definition) is 6. The maximum Gasteiger partial charge on any atom is 0.247 e. The van der Waals surface area contributed by atoms with Gasteiger partial charge >= 0.3 is 0 Å². The standard InChI is InChI=1S/C23H25N5O2/c1-14-3-6-18(7-4-14)28-12-11-25-20(23(28)30)21(29)15(2)27-17-5-8-19-16(13-17)9-10-26-22(19)24/h3-10,13,20-21,25,27,29H,2,11-12H2,1H3,(H2,24,26). The van der Waals surface area contributed by atoms with Crippen LogP contribution in [0.2, 0.25) is 0 Å². The van der Waals surface area contributed by atoms with E-state index in [1.165, 1.54) is 0 Å². The Morgan fingerprint density at radius 2 is 2.07 bits per heavy atom. The van der Waals surface area contributed by atoms with E-state index in [9.17, 15) is 9.90 Å². The molecule has 0 aliphatic carbocycles. The van der Waals surface area contributed by atoms with E-state index < -0.39 is 12.1 Å². The molecule has 0 saturated carbocycles. The minimum absolute atomic E-state index is 0.182. The van der Waals surface area contributed by atoms with Gasteiger partial charge < -0.3 is 26.4 Å². The van der Waals surface area contributed by atoms with E-state index >= 15 is 0 Å². The van der Waals surface area contributed by atoms with E-state index in [-0.39, 0.29) is 5.91 Å². The summed E-state index contributed by atoms with van der Waals surface area (Å²) in [5.41, 5.74) is 8.94. The molecule has 1 aliphatic heterocycles. The molecule has 1 amide bonds. The molecule has 0 spiro atoms. The third-order valence-corrected chi connectivity index (χ3v) is 5.35. The van der Waals surface area contributed by atoms with Crippen LogP contribution >= 0.6 is 0 Å². The van der Waals surface area contributed by atoms with Crippen LogP contribution in [0.1, 0.15) is 5.56 Å². The number of nitrogen functional groups attached to an aromatic ring is 1. The smallest absolute Gasteiger partial charge is 0.247 e. The summed E-state index contributed by atoms with van der Waals surface area (Å²) in [5.74, 6) is 0.282. The molecule has 2 aromatic carbocycles. The maximum atomic E-state index is 13.0. The highest BCUT2D eigenvalue weighted by atomic mass is 16.3. The van der Waals surface area contributed by atoms with Crippen molar-refractivity contribution < 1.29 is 9.90 Å². The minimum Gasteiger partial charge on any atom is -0.385 e. The van der Waals surface area contributed by atoms with Crippen molar-refractivity contribution in [2.24, 2.45) is 0 Å². The molecular weight excluding hydrogens is 378 g/mol. The molecule has 1 fully saturated rings. The predicted molar refractivity (Wildman–Crippen MR) is 120 cm³/mol. The number of aromatic nitrogens is 1. The van der Waals surface area contributed by atoms with Gasteiger partial charge in [0.05, 0.1) is 0 Å². The van der Waals surface area contributed by atoms with Gasteiger partial charge in [-0.25, -0.2) is 4.98 Å². The second kappa shape index (κ2) is 8.14. The lowest BCUT2D eigenvalue weighted by Gasteiger charge is -2.36. The Morgan fingerprint density at radius 3 is 2.83 bits per heavy atom. The van der Waals surface area contributed by atoms with Crippen LogP contribution in [-0.4, -0.2) is 41.2 Å². The number of benzene rings is 2. The van der Waals surface area contributed by atoms with Gasteiger partial charge in [0.25, 0.3) is 0 Å². The number of aliphatic hydroxyl groups is 1. The third-order valence-electron chi connectivity index (χ3n) is 5.35. The van der Waals surface area contributed by atoms with Gasteiger partial charge in [0, 0.05) is 41.7 Å². The first-order valence-corrected chi connectivity index (χ1v) is 9.83. The van der Waals surface area contributed by atoms with Crippen LogP contribution in [0.3, 0.4) is 0 Å². The lowest BCUT2D eigenvalue weighted by Crippen LogP contribution is -2.60. The van der Waals surface area contributed by atoms with E-state index in [2.05, 4.69) is 22.2 Å². The number of pyridine rings is 1. The molecular formula is C23H25N5O2. The molecule has 1 aromatic heterocycles. The van der Waals surface area contributed by atoms with Crippen molar-refractivity contribution in [1.82, 2.24) is 10.3 Å². The summed E-state index contributed by atoms with van der Waals surface area (Å²) in [6.07, 6.45) is 0.555. The Kier molecular flexibility index (Phi) is 5.39. The molecule has 2 atom stereocenters. The van der Waals surface area contributed by atoms with Gasteiger partial charge in [-0.05, 0) is 48.7 Å². The van der Waals surface area contributed by atoms with Crippen LogP contribution in [0.15, 0.2) is 67.0 Å². The van der Waals surface area contributed by atoms with Gasteiger partial charge in [-0.2, -0.15) is 0 Å². The van der Waals surface area contributed by atoms with Crippen LogP contribution in [0, 0.1) is 6.92 Å². The summed E-state index contributed by atoms with van der Waals surface area (Å²) in [6.45, 7) is 7.09. The number of aliphatic hydroxyl groups excluding tert-OH is 1. The highest BCUT2D eigenvalue weighted by Gasteiger charge is 2.35. The summed E-state index contributed by atoms with van der Waals surface area (Å²) < 4.78 is 0. The van der Waals surface area contributed by atoms with Gasteiger partial charge in [0.2, 0.25) is 5.91 Å². The molecule has 2 unspecified atom stereocenters. The van der Waals surface area contributed by atoms with Crippen molar-refractivity contribution in [3.05, 3.63) is 72.6 Å². The first-order chi connectivity index (χ1) is 14.4. The molecule has 7 nitrogen and oxygen atoms in total. The number of fused-ring (bicyclic) bond motifs is 1. The average Bonchev–Trinajstić information content (AvgIpc) is 2.74. The van der Waals surface area contributed by atoms with Crippen molar-refractivity contribution in [1.29, 1.82) is 0 Å². The fraction of sp³-hybridized carbons (Fsp3) is 0.217. The maximum absolute atomic E-state index is 13.0. The van der Waals surface area contributed by atoms with Gasteiger partial charge in [-0.3, -0.25) is 4.79 Å².